The molecular weight excluding hydrogens is 272 g/mol. The second kappa shape index (κ2) is 6.21. The van der Waals surface area contributed by atoms with Crippen molar-refractivity contribution in [2.75, 3.05) is 0 Å². The summed E-state index contributed by atoms with van der Waals surface area (Å²) in [4.78, 5) is 28.8. The molecule has 6 heteroatoms. The summed E-state index contributed by atoms with van der Waals surface area (Å²) in [6.45, 7) is 4.00. The molecule has 6 nitrogen and oxygen atoms in total. The molecule has 0 saturated carbocycles. The van der Waals surface area contributed by atoms with Crippen LogP contribution in [0.1, 0.15) is 22.6 Å². The lowest BCUT2D eigenvalue weighted by Crippen LogP contribution is -2.16. The van der Waals surface area contributed by atoms with Gasteiger partial charge >= 0.3 is 5.97 Å². The summed E-state index contributed by atoms with van der Waals surface area (Å²) in [5, 5.41) is 8.74. The van der Waals surface area contributed by atoms with E-state index in [4.69, 9.17) is 9.84 Å². The Morgan fingerprint density at radius 3 is 2.86 bits per heavy atom. The Labute approximate surface area is 121 Å². The number of carboxylic acids is 1. The van der Waals surface area contributed by atoms with Gasteiger partial charge in [0.05, 0.1) is 12.1 Å². The smallest absolute Gasteiger partial charge is 0.309 e. The van der Waals surface area contributed by atoms with Crippen molar-refractivity contribution < 1.29 is 14.6 Å². The van der Waals surface area contributed by atoms with Crippen LogP contribution in [0.25, 0.3) is 0 Å². The minimum Gasteiger partial charge on any atom is -0.485 e. The highest BCUT2D eigenvalue weighted by molar-refractivity contribution is 5.69. The zero-order chi connectivity index (χ0) is 15.4. The summed E-state index contributed by atoms with van der Waals surface area (Å²) in [7, 11) is 0. The van der Waals surface area contributed by atoms with E-state index in [1.807, 2.05) is 32.0 Å². The van der Waals surface area contributed by atoms with Crippen LogP contribution in [0.2, 0.25) is 0 Å². The number of benzene rings is 1. The number of H-pyrrole nitrogens is 1. The van der Waals surface area contributed by atoms with Crippen LogP contribution in [0.15, 0.2) is 29.1 Å². The summed E-state index contributed by atoms with van der Waals surface area (Å²) in [6, 6.07) is 6.88. The Morgan fingerprint density at radius 1 is 1.38 bits per heavy atom. The van der Waals surface area contributed by atoms with E-state index >= 15 is 0 Å². The molecule has 1 aromatic carbocycles. The molecule has 2 rings (SSSR count). The van der Waals surface area contributed by atoms with Gasteiger partial charge in [-0.05, 0) is 31.0 Å². The lowest BCUT2D eigenvalue weighted by Gasteiger charge is -2.10. The maximum Gasteiger partial charge on any atom is 0.309 e. The number of aliphatic carboxylic acids is 1. The second-order valence-electron chi connectivity index (χ2n) is 4.74. The van der Waals surface area contributed by atoms with Gasteiger partial charge in [-0.3, -0.25) is 9.59 Å². The zero-order valence-electron chi connectivity index (χ0n) is 11.8. The van der Waals surface area contributed by atoms with Crippen molar-refractivity contribution in [3.8, 4) is 5.75 Å². The predicted octanol–water partition coefficient (Wildman–Crippen LogP) is 1.59. The lowest BCUT2D eigenvalue weighted by atomic mass is 10.1. The Kier molecular flexibility index (Phi) is 4.37. The first-order valence-corrected chi connectivity index (χ1v) is 6.45. The third-order valence-electron chi connectivity index (χ3n) is 3.10. The van der Waals surface area contributed by atoms with E-state index in [1.54, 1.807) is 0 Å². The van der Waals surface area contributed by atoms with Crippen LogP contribution in [-0.2, 0) is 17.8 Å². The molecule has 1 aromatic heterocycles. The van der Waals surface area contributed by atoms with Gasteiger partial charge in [0.25, 0.3) is 5.56 Å². The first kappa shape index (κ1) is 14.8. The highest BCUT2D eigenvalue weighted by atomic mass is 16.5. The molecule has 110 valence electrons. The molecule has 0 bridgehead atoms. The molecule has 0 radical (unpaired) electrons. The van der Waals surface area contributed by atoms with Crippen LogP contribution in [0.3, 0.4) is 0 Å². The SMILES string of the molecule is Cc1cccc(OCc2nc(CC(=O)O)cc(=O)[nH]2)c1C. The van der Waals surface area contributed by atoms with Crippen LogP contribution >= 0.6 is 0 Å². The van der Waals surface area contributed by atoms with Gasteiger partial charge in [0.2, 0.25) is 0 Å². The number of ether oxygens (including phenoxy) is 1. The number of hydrogen-bond donors (Lipinski definition) is 2. The summed E-state index contributed by atoms with van der Waals surface area (Å²) >= 11 is 0. The van der Waals surface area contributed by atoms with Crippen LogP contribution in [0.4, 0.5) is 0 Å². The van der Waals surface area contributed by atoms with Crippen molar-refractivity contribution in [1.82, 2.24) is 9.97 Å². The summed E-state index contributed by atoms with van der Waals surface area (Å²) < 4.78 is 5.64. The highest BCUT2D eigenvalue weighted by Crippen LogP contribution is 2.21. The van der Waals surface area contributed by atoms with Gasteiger partial charge in [0.15, 0.2) is 0 Å². The number of rotatable bonds is 5. The average Bonchev–Trinajstić information content (AvgIpc) is 2.39. The summed E-state index contributed by atoms with van der Waals surface area (Å²) in [5.74, 6) is -0.0181. The van der Waals surface area contributed by atoms with Crippen molar-refractivity contribution in [3.63, 3.8) is 0 Å². The number of carboxylic acid groups (broad SMARTS) is 1. The fourth-order valence-electron chi connectivity index (χ4n) is 1.90. The number of aryl methyl sites for hydroxylation is 1. The minimum atomic E-state index is -1.03. The lowest BCUT2D eigenvalue weighted by molar-refractivity contribution is -0.136. The van der Waals surface area contributed by atoms with E-state index in [1.165, 1.54) is 6.07 Å². The third-order valence-corrected chi connectivity index (χ3v) is 3.10. The van der Waals surface area contributed by atoms with Gasteiger partial charge in [-0.15, -0.1) is 0 Å². The van der Waals surface area contributed by atoms with Crippen LogP contribution in [-0.4, -0.2) is 21.0 Å². The maximum absolute atomic E-state index is 11.5. The van der Waals surface area contributed by atoms with E-state index in [0.717, 1.165) is 11.1 Å². The van der Waals surface area contributed by atoms with Crippen LogP contribution < -0.4 is 10.3 Å². The molecule has 0 amide bonds. The summed E-state index contributed by atoms with van der Waals surface area (Å²) in [6.07, 6.45) is -0.291. The predicted molar refractivity (Wildman–Crippen MR) is 76.4 cm³/mol. The molecule has 21 heavy (non-hydrogen) atoms. The van der Waals surface area contributed by atoms with Crippen molar-refractivity contribution in [1.29, 1.82) is 0 Å². The molecule has 1 heterocycles. The van der Waals surface area contributed by atoms with E-state index in [2.05, 4.69) is 9.97 Å². The fraction of sp³-hybridized carbons (Fsp3) is 0.267. The number of aromatic nitrogens is 2. The second-order valence-corrected chi connectivity index (χ2v) is 4.74. The molecule has 0 aliphatic heterocycles. The molecule has 0 aliphatic carbocycles. The fourth-order valence-corrected chi connectivity index (χ4v) is 1.90. The monoisotopic (exact) mass is 288 g/mol. The van der Waals surface area contributed by atoms with Crippen molar-refractivity contribution >= 4 is 5.97 Å². The van der Waals surface area contributed by atoms with Crippen molar-refractivity contribution in [2.24, 2.45) is 0 Å². The Bertz CT molecular complexity index is 722. The number of aromatic amines is 1. The van der Waals surface area contributed by atoms with Crippen LogP contribution in [0, 0.1) is 13.8 Å². The Hall–Kier alpha value is -2.63. The zero-order valence-corrected chi connectivity index (χ0v) is 11.8. The van der Waals surface area contributed by atoms with Crippen molar-refractivity contribution in [2.45, 2.75) is 26.9 Å². The third kappa shape index (κ3) is 3.92. The highest BCUT2D eigenvalue weighted by Gasteiger charge is 2.07. The van der Waals surface area contributed by atoms with E-state index < -0.39 is 5.97 Å². The van der Waals surface area contributed by atoms with E-state index in [0.29, 0.717) is 11.6 Å². The molecule has 0 fully saturated rings. The standard InChI is InChI=1S/C15H16N2O4/c1-9-4-3-5-12(10(9)2)21-8-13-16-11(7-15(19)20)6-14(18)17-13/h3-6H,7-8H2,1-2H3,(H,19,20)(H,16,17,18). The van der Waals surface area contributed by atoms with Crippen molar-refractivity contribution in [3.05, 3.63) is 57.3 Å². The molecule has 0 saturated heterocycles. The molecule has 0 atom stereocenters. The number of carbonyl (C=O) groups is 1. The van der Waals surface area contributed by atoms with E-state index in [-0.39, 0.29) is 24.3 Å². The number of hydrogen-bond acceptors (Lipinski definition) is 4. The Morgan fingerprint density at radius 2 is 2.14 bits per heavy atom. The van der Waals surface area contributed by atoms with E-state index in [9.17, 15) is 9.59 Å². The number of nitrogens with one attached hydrogen (secondary N) is 1. The van der Waals surface area contributed by atoms with Gasteiger partial charge in [-0.2, -0.15) is 0 Å². The molecule has 0 unspecified atom stereocenters. The van der Waals surface area contributed by atoms with Crippen LogP contribution in [0.5, 0.6) is 5.75 Å². The normalized spacial score (nSPS) is 10.4. The largest absolute Gasteiger partial charge is 0.485 e. The molecule has 0 aliphatic rings. The van der Waals surface area contributed by atoms with Gasteiger partial charge in [-0.25, -0.2) is 4.98 Å². The molecule has 0 spiro atoms. The quantitative estimate of drug-likeness (QED) is 0.871. The van der Waals surface area contributed by atoms with Gasteiger partial charge in [0.1, 0.15) is 18.2 Å². The molecular formula is C15H16N2O4. The maximum atomic E-state index is 11.5. The molecule has 2 N–H and O–H groups in total. The van der Waals surface area contributed by atoms with Gasteiger partial charge < -0.3 is 14.8 Å². The average molecular weight is 288 g/mol. The first-order chi connectivity index (χ1) is 9.95. The van der Waals surface area contributed by atoms with Gasteiger partial charge in [0, 0.05) is 6.07 Å². The first-order valence-electron chi connectivity index (χ1n) is 6.45. The minimum absolute atomic E-state index is 0.0764. The summed E-state index contributed by atoms with van der Waals surface area (Å²) in [5.41, 5.74) is 1.95. The topological polar surface area (TPSA) is 92.3 Å². The number of nitrogens with zero attached hydrogens (tertiary/aromatic N) is 1. The molecule has 2 aromatic rings. The van der Waals surface area contributed by atoms with Gasteiger partial charge in [-0.1, -0.05) is 12.1 Å². The Balaban J connectivity index is 2.16.